The van der Waals surface area contributed by atoms with E-state index in [2.05, 4.69) is 20.5 Å². The molecule has 1 aromatic carbocycles. The van der Waals surface area contributed by atoms with Gasteiger partial charge in [0.1, 0.15) is 5.71 Å². The van der Waals surface area contributed by atoms with Crippen LogP contribution < -0.4 is 5.43 Å². The van der Waals surface area contributed by atoms with Gasteiger partial charge in [0, 0.05) is 16.1 Å². The maximum Gasteiger partial charge on any atom is 0.281 e. The Bertz CT molecular complexity index is 1120. The molecular weight excluding hydrogens is 368 g/mol. The first-order chi connectivity index (χ1) is 13.6. The van der Waals surface area contributed by atoms with Gasteiger partial charge >= 0.3 is 0 Å². The van der Waals surface area contributed by atoms with E-state index < -0.39 is 0 Å². The van der Waals surface area contributed by atoms with Gasteiger partial charge in [-0.25, -0.2) is 5.43 Å². The fraction of sp³-hybridized carbons (Fsp3) is 0.0909. The summed E-state index contributed by atoms with van der Waals surface area (Å²) in [7, 11) is 0. The summed E-state index contributed by atoms with van der Waals surface area (Å²) in [4.78, 5) is 22.4. The van der Waals surface area contributed by atoms with Crippen molar-refractivity contribution in [3.63, 3.8) is 0 Å². The van der Waals surface area contributed by atoms with Crippen molar-refractivity contribution >= 4 is 33.0 Å². The largest absolute Gasteiger partial charge is 0.281 e. The fourth-order valence-electron chi connectivity index (χ4n) is 2.85. The summed E-state index contributed by atoms with van der Waals surface area (Å²) in [6.07, 6.45) is 0. The fourth-order valence-corrected chi connectivity index (χ4v) is 3.80. The molecule has 0 radical (unpaired) electrons. The minimum atomic E-state index is -0.251. The molecule has 28 heavy (non-hydrogen) atoms. The van der Waals surface area contributed by atoms with E-state index in [1.165, 1.54) is 11.3 Å². The lowest BCUT2D eigenvalue weighted by atomic mass is 10.1. The van der Waals surface area contributed by atoms with E-state index >= 15 is 0 Å². The van der Waals surface area contributed by atoms with Gasteiger partial charge in [0.05, 0.1) is 16.3 Å². The number of hydrazone groups is 1. The first kappa shape index (κ1) is 18.0. The molecular formula is C22H18N4OS. The van der Waals surface area contributed by atoms with Crippen LogP contribution in [0.2, 0.25) is 0 Å². The highest BCUT2D eigenvalue weighted by Gasteiger charge is 2.14. The maximum absolute atomic E-state index is 12.7. The van der Waals surface area contributed by atoms with Crippen LogP contribution in [0.5, 0.6) is 0 Å². The van der Waals surface area contributed by atoms with Gasteiger partial charge in [-0.3, -0.25) is 14.8 Å². The molecule has 3 heterocycles. The molecule has 4 aromatic rings. The highest BCUT2D eigenvalue weighted by Crippen LogP contribution is 2.25. The normalized spacial score (nSPS) is 10.6. The van der Waals surface area contributed by atoms with Gasteiger partial charge in [-0.05, 0) is 55.6 Å². The molecule has 1 amide bonds. The van der Waals surface area contributed by atoms with Crippen LogP contribution in [0.3, 0.4) is 0 Å². The van der Waals surface area contributed by atoms with E-state index in [9.17, 15) is 4.79 Å². The van der Waals surface area contributed by atoms with Gasteiger partial charge in [0.15, 0.2) is 0 Å². The standard InChI is InChI=1S/C22H18N4OS/c1-14-7-5-10-17(23-14)21(18-11-6-8-15(2)24-18)25-26-22(27)20-13-16-9-3-4-12-19(16)28-20/h3-13H,1-2H3,(H,26,27). The number of fused-ring (bicyclic) bond motifs is 1. The van der Waals surface area contributed by atoms with Crippen LogP contribution in [-0.2, 0) is 0 Å². The number of aromatic nitrogens is 2. The second-order valence-corrected chi connectivity index (χ2v) is 7.46. The Hall–Kier alpha value is -3.38. The molecule has 0 bridgehead atoms. The number of hydrogen-bond donors (Lipinski definition) is 1. The number of benzene rings is 1. The van der Waals surface area contributed by atoms with Crippen LogP contribution in [0.25, 0.3) is 10.1 Å². The molecule has 0 aliphatic carbocycles. The number of pyridine rings is 2. The average Bonchev–Trinajstić information content (AvgIpc) is 3.12. The topological polar surface area (TPSA) is 67.2 Å². The van der Waals surface area contributed by atoms with E-state index in [4.69, 9.17) is 0 Å². The smallest absolute Gasteiger partial charge is 0.266 e. The number of rotatable bonds is 4. The van der Waals surface area contributed by atoms with Crippen molar-refractivity contribution in [3.8, 4) is 0 Å². The summed E-state index contributed by atoms with van der Waals surface area (Å²) in [5.74, 6) is -0.251. The van der Waals surface area contributed by atoms with Gasteiger partial charge in [-0.2, -0.15) is 5.10 Å². The van der Waals surface area contributed by atoms with Crippen LogP contribution >= 0.6 is 11.3 Å². The molecule has 0 aliphatic heterocycles. The molecule has 0 spiro atoms. The number of thiophene rings is 1. The number of carbonyl (C=O) groups excluding carboxylic acids is 1. The summed E-state index contributed by atoms with van der Waals surface area (Å²) in [6, 6.07) is 21.2. The predicted octanol–water partition coefficient (Wildman–Crippen LogP) is 4.49. The van der Waals surface area contributed by atoms with Crippen molar-refractivity contribution in [3.05, 3.63) is 94.4 Å². The Morgan fingerprint density at radius 2 is 1.54 bits per heavy atom. The summed E-state index contributed by atoms with van der Waals surface area (Å²) >= 11 is 1.44. The Kier molecular flexibility index (Phi) is 4.95. The Labute approximate surface area is 166 Å². The SMILES string of the molecule is Cc1cccc(C(=NNC(=O)c2cc3ccccc3s2)c2cccc(C)n2)n1. The first-order valence-electron chi connectivity index (χ1n) is 8.85. The second-order valence-electron chi connectivity index (χ2n) is 6.38. The van der Waals surface area contributed by atoms with Crippen molar-refractivity contribution in [1.29, 1.82) is 0 Å². The van der Waals surface area contributed by atoms with Crippen molar-refractivity contribution in [2.75, 3.05) is 0 Å². The van der Waals surface area contributed by atoms with Crippen LogP contribution in [0.15, 0.2) is 71.8 Å². The van der Waals surface area contributed by atoms with E-state index in [1.807, 2.05) is 80.6 Å². The Morgan fingerprint density at radius 1 is 0.893 bits per heavy atom. The number of nitrogens with zero attached hydrogens (tertiary/aromatic N) is 3. The molecule has 0 unspecified atom stereocenters. The minimum absolute atomic E-state index is 0.251. The molecule has 3 aromatic heterocycles. The van der Waals surface area contributed by atoms with E-state index in [0.29, 0.717) is 22.0 Å². The predicted molar refractivity (Wildman–Crippen MR) is 113 cm³/mol. The molecule has 5 nitrogen and oxygen atoms in total. The molecule has 4 rings (SSSR count). The lowest BCUT2D eigenvalue weighted by Gasteiger charge is -2.07. The summed E-state index contributed by atoms with van der Waals surface area (Å²) < 4.78 is 1.07. The minimum Gasteiger partial charge on any atom is -0.266 e. The molecule has 0 atom stereocenters. The Balaban J connectivity index is 1.69. The summed E-state index contributed by atoms with van der Waals surface area (Å²) in [5, 5.41) is 5.44. The number of carbonyl (C=O) groups is 1. The summed E-state index contributed by atoms with van der Waals surface area (Å²) in [5.41, 5.74) is 6.27. The molecule has 138 valence electrons. The van der Waals surface area contributed by atoms with Crippen molar-refractivity contribution in [2.45, 2.75) is 13.8 Å². The van der Waals surface area contributed by atoms with Gasteiger partial charge in [0.25, 0.3) is 5.91 Å². The third kappa shape index (κ3) is 3.82. The van der Waals surface area contributed by atoms with Crippen molar-refractivity contribution < 1.29 is 4.79 Å². The zero-order valence-electron chi connectivity index (χ0n) is 15.5. The van der Waals surface area contributed by atoms with Gasteiger partial charge in [0.2, 0.25) is 0 Å². The number of amides is 1. The molecule has 0 fully saturated rings. The van der Waals surface area contributed by atoms with Crippen LogP contribution in [-0.4, -0.2) is 21.6 Å². The quantitative estimate of drug-likeness (QED) is 0.415. The van der Waals surface area contributed by atoms with Gasteiger partial charge in [-0.1, -0.05) is 30.3 Å². The summed E-state index contributed by atoms with van der Waals surface area (Å²) in [6.45, 7) is 3.83. The molecule has 0 saturated heterocycles. The number of aryl methyl sites for hydroxylation is 2. The lowest BCUT2D eigenvalue weighted by Crippen LogP contribution is -2.21. The van der Waals surface area contributed by atoms with Crippen LogP contribution in [0.1, 0.15) is 32.4 Å². The number of hydrogen-bond acceptors (Lipinski definition) is 5. The first-order valence-corrected chi connectivity index (χ1v) is 9.66. The second kappa shape index (κ2) is 7.70. The zero-order chi connectivity index (χ0) is 19.5. The third-order valence-corrected chi connectivity index (χ3v) is 5.30. The highest BCUT2D eigenvalue weighted by atomic mass is 32.1. The van der Waals surface area contributed by atoms with Gasteiger partial charge < -0.3 is 0 Å². The zero-order valence-corrected chi connectivity index (χ0v) is 16.3. The van der Waals surface area contributed by atoms with Crippen molar-refractivity contribution in [1.82, 2.24) is 15.4 Å². The van der Waals surface area contributed by atoms with E-state index in [1.54, 1.807) is 0 Å². The van der Waals surface area contributed by atoms with E-state index in [0.717, 1.165) is 21.5 Å². The van der Waals surface area contributed by atoms with Crippen molar-refractivity contribution in [2.24, 2.45) is 5.10 Å². The van der Waals surface area contributed by atoms with Crippen LogP contribution in [0.4, 0.5) is 0 Å². The van der Waals surface area contributed by atoms with E-state index in [-0.39, 0.29) is 5.91 Å². The molecule has 0 saturated carbocycles. The van der Waals surface area contributed by atoms with Gasteiger partial charge in [-0.15, -0.1) is 11.3 Å². The van der Waals surface area contributed by atoms with Crippen LogP contribution in [0, 0.1) is 13.8 Å². The molecule has 6 heteroatoms. The lowest BCUT2D eigenvalue weighted by molar-refractivity contribution is 0.0959. The highest BCUT2D eigenvalue weighted by molar-refractivity contribution is 7.20. The maximum atomic E-state index is 12.7. The Morgan fingerprint density at radius 3 is 2.14 bits per heavy atom. The molecule has 0 aliphatic rings. The average molecular weight is 386 g/mol. The monoisotopic (exact) mass is 386 g/mol. The molecule has 1 N–H and O–H groups in total. The number of nitrogens with one attached hydrogen (secondary N) is 1. The third-order valence-electron chi connectivity index (χ3n) is 4.18.